The monoisotopic (exact) mass is 600 g/mol. The number of aromatic carboxylic acids is 1. The lowest BCUT2D eigenvalue weighted by atomic mass is 9.97. The maximum atomic E-state index is 13.7. The second-order valence-corrected chi connectivity index (χ2v) is 9.91. The highest BCUT2D eigenvalue weighted by Crippen LogP contribution is 2.27. The summed E-state index contributed by atoms with van der Waals surface area (Å²) in [7, 11) is 1.48. The van der Waals surface area contributed by atoms with E-state index in [1.165, 1.54) is 19.2 Å². The van der Waals surface area contributed by atoms with Gasteiger partial charge in [-0.1, -0.05) is 23.7 Å². The number of amidine groups is 1. The summed E-state index contributed by atoms with van der Waals surface area (Å²) < 4.78 is 32.6. The number of halogens is 3. The number of hydrogen-bond acceptors (Lipinski definition) is 7. The van der Waals surface area contributed by atoms with Gasteiger partial charge in [-0.15, -0.1) is 0 Å². The largest absolute Gasteiger partial charge is 0.496 e. The first-order chi connectivity index (χ1) is 20.0. The van der Waals surface area contributed by atoms with Crippen LogP contribution in [-0.4, -0.2) is 53.9 Å². The number of urea groups is 1. The molecule has 0 saturated carbocycles. The number of imide groups is 1. The van der Waals surface area contributed by atoms with Crippen molar-refractivity contribution in [3.05, 3.63) is 94.0 Å². The van der Waals surface area contributed by atoms with Gasteiger partial charge >= 0.3 is 12.0 Å². The van der Waals surface area contributed by atoms with Crippen LogP contribution in [0.1, 0.15) is 34.5 Å². The number of carbonyl (C=O) groups excluding carboxylic acids is 2. The van der Waals surface area contributed by atoms with Gasteiger partial charge in [-0.25, -0.2) is 23.9 Å². The number of hydrogen-bond donors (Lipinski definition) is 3. The molecule has 0 saturated heterocycles. The summed E-state index contributed by atoms with van der Waals surface area (Å²) in [4.78, 5) is 49.0. The molecule has 1 aliphatic rings. The first-order valence-electron chi connectivity index (χ1n) is 12.7. The molecule has 1 aliphatic heterocycles. The van der Waals surface area contributed by atoms with Crippen LogP contribution in [0.3, 0.4) is 0 Å². The smallest absolute Gasteiger partial charge is 0.335 e. The number of nitrogens with one attached hydrogen (secondary N) is 2. The van der Waals surface area contributed by atoms with Crippen molar-refractivity contribution in [2.75, 3.05) is 20.2 Å². The Morgan fingerprint density at radius 3 is 2.45 bits per heavy atom. The fraction of sp³-hybridized carbons (Fsp3) is 0.241. The van der Waals surface area contributed by atoms with Crippen LogP contribution in [0.4, 0.5) is 13.6 Å². The first kappa shape index (κ1) is 30.3. The van der Waals surface area contributed by atoms with Crippen molar-refractivity contribution in [2.45, 2.75) is 19.4 Å². The van der Waals surface area contributed by atoms with Crippen molar-refractivity contribution in [3.8, 4) is 11.5 Å². The number of aliphatic imine (C=N–C) groups is 1. The van der Waals surface area contributed by atoms with Gasteiger partial charge in [0.25, 0.3) is 0 Å². The average molecular weight is 601 g/mol. The molecular weight excluding hydrogens is 574 g/mol. The minimum atomic E-state index is -1.08. The number of amides is 3. The Hall–Kier alpha value is -4.71. The van der Waals surface area contributed by atoms with Crippen molar-refractivity contribution < 1.29 is 37.8 Å². The highest BCUT2D eigenvalue weighted by Gasteiger charge is 2.34. The van der Waals surface area contributed by atoms with Crippen LogP contribution in [0.25, 0.3) is 0 Å². The molecule has 2 atom stereocenters. The van der Waals surface area contributed by atoms with Crippen LogP contribution in [0.2, 0.25) is 5.02 Å². The first-order valence-corrected chi connectivity index (χ1v) is 13.1. The highest BCUT2D eigenvalue weighted by atomic mass is 35.5. The molecule has 1 unspecified atom stereocenters. The maximum absolute atomic E-state index is 13.7. The molecule has 42 heavy (non-hydrogen) atoms. The Morgan fingerprint density at radius 2 is 1.81 bits per heavy atom. The molecule has 3 aromatic rings. The minimum Gasteiger partial charge on any atom is -0.496 e. The molecule has 0 aliphatic carbocycles. The van der Waals surface area contributed by atoms with Crippen molar-refractivity contribution >= 4 is 35.3 Å². The Morgan fingerprint density at radius 1 is 1.12 bits per heavy atom. The molecule has 4 rings (SSSR count). The molecule has 0 fully saturated rings. The molecule has 1 heterocycles. The molecule has 13 heteroatoms. The summed E-state index contributed by atoms with van der Waals surface area (Å²) >= 11 is 6.17. The minimum absolute atomic E-state index is 0.0479. The fourth-order valence-corrected chi connectivity index (χ4v) is 4.52. The third-order valence-corrected chi connectivity index (χ3v) is 6.74. The van der Waals surface area contributed by atoms with E-state index in [2.05, 4.69) is 15.8 Å². The van der Waals surface area contributed by atoms with Crippen LogP contribution in [0.5, 0.6) is 11.5 Å². The molecule has 3 amide bonds. The van der Waals surface area contributed by atoms with Gasteiger partial charge < -0.3 is 20.0 Å². The number of nitrogens with zero attached hydrogens (tertiary/aromatic N) is 2. The fourth-order valence-electron chi connectivity index (χ4n) is 4.32. The Kier molecular flexibility index (Phi) is 9.58. The standard InChI is InChI=1S/C29H27ClF2N4O6/c1-16(17-3-5-18(6-4-17)28(38)39)34-29(40)36-15-26(35-42-24-12-22(31)11-23(32)13-24)33-14-20(27(36)37)9-19-10-21(30)7-8-25(19)41-2/h3-8,10-13,16,20H,9,14-15H2,1-2H3,(H,33,35)(H,34,40)(H,38,39)/t16-,20?/m1/s1. The predicted molar refractivity (Wildman–Crippen MR) is 150 cm³/mol. The molecule has 3 N–H and O–H groups in total. The third kappa shape index (κ3) is 7.52. The lowest BCUT2D eigenvalue weighted by Crippen LogP contribution is -2.50. The van der Waals surface area contributed by atoms with Gasteiger partial charge in [0.1, 0.15) is 17.4 Å². The van der Waals surface area contributed by atoms with Gasteiger partial charge in [-0.05, 0) is 54.8 Å². The van der Waals surface area contributed by atoms with E-state index in [9.17, 15) is 23.2 Å². The van der Waals surface area contributed by atoms with Gasteiger partial charge in [0, 0.05) is 23.2 Å². The molecule has 0 spiro atoms. The Bertz CT molecular complexity index is 1500. The molecule has 10 nitrogen and oxygen atoms in total. The van der Waals surface area contributed by atoms with Gasteiger partial charge in [-0.2, -0.15) is 0 Å². The number of carboxylic acid groups (broad SMARTS) is 1. The van der Waals surface area contributed by atoms with Crippen molar-refractivity contribution in [1.82, 2.24) is 15.7 Å². The van der Waals surface area contributed by atoms with Crippen LogP contribution in [0.15, 0.2) is 65.7 Å². The summed E-state index contributed by atoms with van der Waals surface area (Å²) in [5, 5.41) is 12.3. The normalized spacial score (nSPS) is 15.7. The lowest BCUT2D eigenvalue weighted by Gasteiger charge is -2.25. The number of hydroxylamine groups is 1. The summed E-state index contributed by atoms with van der Waals surface area (Å²) in [6.45, 7) is 1.29. The van der Waals surface area contributed by atoms with Crippen LogP contribution in [-0.2, 0) is 11.2 Å². The van der Waals surface area contributed by atoms with Crippen molar-refractivity contribution in [2.24, 2.45) is 10.9 Å². The molecule has 3 aromatic carbocycles. The molecule has 0 aromatic heterocycles. The zero-order chi connectivity index (χ0) is 30.4. The van der Waals surface area contributed by atoms with E-state index in [-0.39, 0.29) is 36.7 Å². The van der Waals surface area contributed by atoms with E-state index in [0.717, 1.165) is 17.0 Å². The van der Waals surface area contributed by atoms with Gasteiger partial charge in [-0.3, -0.25) is 14.7 Å². The molecule has 220 valence electrons. The number of ether oxygens (including phenoxy) is 1. The van der Waals surface area contributed by atoms with E-state index < -0.39 is 41.5 Å². The van der Waals surface area contributed by atoms with Gasteiger partial charge in [0.15, 0.2) is 11.6 Å². The topological polar surface area (TPSA) is 130 Å². The van der Waals surface area contributed by atoms with Crippen LogP contribution >= 0.6 is 11.6 Å². The van der Waals surface area contributed by atoms with Crippen molar-refractivity contribution in [3.63, 3.8) is 0 Å². The summed E-state index contributed by atoms with van der Waals surface area (Å²) in [5.41, 5.74) is 3.83. The third-order valence-electron chi connectivity index (χ3n) is 6.50. The van der Waals surface area contributed by atoms with Crippen LogP contribution in [0, 0.1) is 17.6 Å². The van der Waals surface area contributed by atoms with E-state index in [1.54, 1.807) is 37.3 Å². The predicted octanol–water partition coefficient (Wildman–Crippen LogP) is 4.78. The summed E-state index contributed by atoms with van der Waals surface area (Å²) in [5.74, 6) is -3.76. The number of benzene rings is 3. The SMILES string of the molecule is COc1ccc(Cl)cc1CC1CN=C(NOc2cc(F)cc(F)c2)CN(C(=O)N[C@H](C)c2ccc(C(=O)O)cc2)C1=O. The van der Waals surface area contributed by atoms with E-state index in [0.29, 0.717) is 28.0 Å². The number of carboxylic acids is 1. The zero-order valence-corrected chi connectivity index (χ0v) is 23.3. The van der Waals surface area contributed by atoms with Gasteiger partial charge in [0.2, 0.25) is 5.91 Å². The Balaban J connectivity index is 1.57. The second-order valence-electron chi connectivity index (χ2n) is 9.48. The molecular formula is C29H27ClF2N4O6. The van der Waals surface area contributed by atoms with E-state index >= 15 is 0 Å². The molecule has 0 radical (unpaired) electrons. The number of carbonyl (C=O) groups is 3. The zero-order valence-electron chi connectivity index (χ0n) is 22.6. The Labute approximate surface area is 244 Å². The number of methoxy groups -OCH3 is 1. The second kappa shape index (κ2) is 13.3. The molecule has 0 bridgehead atoms. The number of rotatable bonds is 8. The lowest BCUT2D eigenvalue weighted by molar-refractivity contribution is -0.131. The van der Waals surface area contributed by atoms with Crippen molar-refractivity contribution in [1.29, 1.82) is 0 Å². The van der Waals surface area contributed by atoms with Crippen LogP contribution < -0.4 is 20.4 Å². The van der Waals surface area contributed by atoms with Gasteiger partial charge in [0.05, 0.1) is 37.7 Å². The van der Waals surface area contributed by atoms with E-state index in [4.69, 9.17) is 26.3 Å². The quantitative estimate of drug-likeness (QED) is 0.317. The summed E-state index contributed by atoms with van der Waals surface area (Å²) in [6, 6.07) is 12.2. The van der Waals surface area contributed by atoms with E-state index in [1.807, 2.05) is 0 Å². The summed E-state index contributed by atoms with van der Waals surface area (Å²) in [6.07, 6.45) is 0.144. The maximum Gasteiger partial charge on any atom is 0.335 e. The average Bonchev–Trinajstić information content (AvgIpc) is 3.10. The highest BCUT2D eigenvalue weighted by molar-refractivity contribution is 6.30.